The first-order chi connectivity index (χ1) is 7.81. The van der Waals surface area contributed by atoms with Gasteiger partial charge in [0.2, 0.25) is 0 Å². The van der Waals surface area contributed by atoms with E-state index in [0.717, 1.165) is 31.3 Å². The molecule has 0 spiro atoms. The molecule has 1 aliphatic rings. The highest BCUT2D eigenvalue weighted by Gasteiger charge is 2.24. The van der Waals surface area contributed by atoms with E-state index in [1.54, 1.807) is 0 Å². The van der Waals surface area contributed by atoms with Crippen molar-refractivity contribution in [2.75, 3.05) is 0 Å². The first-order valence-corrected chi connectivity index (χ1v) is 6.24. The Morgan fingerprint density at radius 2 is 1.82 bits per heavy atom. The Bertz CT molecular complexity index is 292. The Morgan fingerprint density at radius 1 is 1.29 bits per heavy atom. The second kappa shape index (κ2) is 5.54. The lowest BCUT2D eigenvalue weighted by Gasteiger charge is -2.30. The van der Waals surface area contributed by atoms with E-state index < -0.39 is 5.54 Å². The molecule has 0 aromatic carbocycles. The summed E-state index contributed by atoms with van der Waals surface area (Å²) in [5, 5.41) is 15.2. The summed E-state index contributed by atoms with van der Waals surface area (Å²) in [6.45, 7) is 9.62. The average Bonchev–Trinajstić information content (AvgIpc) is 2.20. The lowest BCUT2D eigenvalue weighted by atomic mass is 9.93. The van der Waals surface area contributed by atoms with E-state index in [1.807, 2.05) is 20.8 Å². The highest BCUT2D eigenvalue weighted by atomic mass is 16.3. The van der Waals surface area contributed by atoms with Crippen molar-refractivity contribution < 1.29 is 9.90 Å². The summed E-state index contributed by atoms with van der Waals surface area (Å²) in [7, 11) is 0. The van der Waals surface area contributed by atoms with Crippen LogP contribution in [0.25, 0.3) is 0 Å². The molecule has 0 aliphatic heterocycles. The van der Waals surface area contributed by atoms with E-state index >= 15 is 0 Å². The van der Waals surface area contributed by atoms with Crippen LogP contribution >= 0.6 is 0 Å². The lowest BCUT2D eigenvalue weighted by molar-refractivity contribution is 0.117. The maximum absolute atomic E-state index is 11.8. The monoisotopic (exact) mass is 240 g/mol. The highest BCUT2D eigenvalue weighted by molar-refractivity contribution is 5.75. The van der Waals surface area contributed by atoms with Crippen molar-refractivity contribution >= 4 is 6.03 Å². The van der Waals surface area contributed by atoms with Crippen LogP contribution < -0.4 is 10.6 Å². The van der Waals surface area contributed by atoms with Gasteiger partial charge in [0.05, 0.1) is 11.6 Å². The molecule has 17 heavy (non-hydrogen) atoms. The zero-order valence-electron chi connectivity index (χ0n) is 11.0. The molecule has 0 aromatic rings. The van der Waals surface area contributed by atoms with Gasteiger partial charge in [0.25, 0.3) is 0 Å². The fourth-order valence-electron chi connectivity index (χ4n) is 1.83. The molecule has 0 aromatic heterocycles. The van der Waals surface area contributed by atoms with Gasteiger partial charge in [-0.05, 0) is 46.5 Å². The van der Waals surface area contributed by atoms with Gasteiger partial charge in [-0.15, -0.1) is 0 Å². The first kappa shape index (κ1) is 14.0. The Labute approximate surface area is 103 Å². The molecule has 4 heteroatoms. The Hall–Kier alpha value is -1.03. The predicted molar refractivity (Wildman–Crippen MR) is 68.8 cm³/mol. The first-order valence-electron chi connectivity index (χ1n) is 6.24. The molecule has 1 aliphatic carbocycles. The van der Waals surface area contributed by atoms with Crippen LogP contribution in [-0.2, 0) is 0 Å². The van der Waals surface area contributed by atoms with E-state index in [0.29, 0.717) is 0 Å². The number of urea groups is 1. The van der Waals surface area contributed by atoms with Crippen LogP contribution in [0, 0.1) is 0 Å². The number of carbonyl (C=O) groups excluding carboxylic acids is 1. The molecule has 0 atom stereocenters. The van der Waals surface area contributed by atoms with Gasteiger partial charge in [-0.25, -0.2) is 4.79 Å². The van der Waals surface area contributed by atoms with Crippen molar-refractivity contribution in [1.82, 2.24) is 10.6 Å². The molecular formula is C13H24N2O2. The van der Waals surface area contributed by atoms with Crippen molar-refractivity contribution in [1.29, 1.82) is 0 Å². The number of hydrogen-bond acceptors (Lipinski definition) is 2. The van der Waals surface area contributed by atoms with Gasteiger partial charge in [-0.1, -0.05) is 12.2 Å². The summed E-state index contributed by atoms with van der Waals surface area (Å²) >= 11 is 0. The van der Waals surface area contributed by atoms with Gasteiger partial charge < -0.3 is 15.7 Å². The second-order valence-corrected chi connectivity index (χ2v) is 5.51. The maximum Gasteiger partial charge on any atom is 0.315 e. The van der Waals surface area contributed by atoms with E-state index in [2.05, 4.69) is 17.2 Å². The number of amides is 2. The normalized spacial score (nSPS) is 25.2. The largest absolute Gasteiger partial charge is 0.393 e. The molecule has 98 valence electrons. The van der Waals surface area contributed by atoms with Crippen LogP contribution in [0.15, 0.2) is 12.2 Å². The molecular weight excluding hydrogens is 216 g/mol. The summed E-state index contributed by atoms with van der Waals surface area (Å²) in [6.07, 6.45) is 3.05. The SMILES string of the molecule is C=C(C)C(C)(C)NC(=O)NC1CCC(O)CC1. The van der Waals surface area contributed by atoms with Gasteiger partial charge in [-0.2, -0.15) is 0 Å². The molecule has 2 amide bonds. The van der Waals surface area contributed by atoms with Crippen molar-refractivity contribution in [3.05, 3.63) is 12.2 Å². The molecule has 0 bridgehead atoms. The molecule has 0 heterocycles. The van der Waals surface area contributed by atoms with E-state index in [-0.39, 0.29) is 18.2 Å². The summed E-state index contributed by atoms with van der Waals surface area (Å²) in [6, 6.07) is 0.0266. The minimum Gasteiger partial charge on any atom is -0.393 e. The third kappa shape index (κ3) is 4.38. The number of nitrogens with one attached hydrogen (secondary N) is 2. The van der Waals surface area contributed by atoms with E-state index in [9.17, 15) is 9.90 Å². The summed E-state index contributed by atoms with van der Waals surface area (Å²) in [4.78, 5) is 11.8. The standard InChI is InChI=1S/C13H24N2O2/c1-9(2)13(3,4)15-12(17)14-10-5-7-11(16)8-6-10/h10-11,16H,1,5-8H2,2-4H3,(H2,14,15,17). The molecule has 4 nitrogen and oxygen atoms in total. The maximum atomic E-state index is 11.8. The lowest BCUT2D eigenvalue weighted by Crippen LogP contribution is -2.52. The Balaban J connectivity index is 2.37. The Morgan fingerprint density at radius 3 is 2.29 bits per heavy atom. The smallest absolute Gasteiger partial charge is 0.315 e. The fourth-order valence-corrected chi connectivity index (χ4v) is 1.83. The van der Waals surface area contributed by atoms with Crippen molar-refractivity contribution in [3.8, 4) is 0 Å². The molecule has 1 saturated carbocycles. The van der Waals surface area contributed by atoms with Crippen molar-refractivity contribution in [2.24, 2.45) is 0 Å². The van der Waals surface area contributed by atoms with Crippen LogP contribution in [0.2, 0.25) is 0 Å². The van der Waals surface area contributed by atoms with Crippen LogP contribution in [-0.4, -0.2) is 28.8 Å². The number of aliphatic hydroxyl groups is 1. The number of aliphatic hydroxyl groups excluding tert-OH is 1. The molecule has 0 unspecified atom stereocenters. The minimum absolute atomic E-state index is 0.153. The molecule has 0 saturated heterocycles. The van der Waals surface area contributed by atoms with E-state index in [1.165, 1.54) is 0 Å². The number of hydrogen-bond donors (Lipinski definition) is 3. The van der Waals surface area contributed by atoms with Gasteiger partial charge in [0, 0.05) is 6.04 Å². The van der Waals surface area contributed by atoms with Crippen molar-refractivity contribution in [2.45, 2.75) is 64.1 Å². The van der Waals surface area contributed by atoms with Gasteiger partial charge in [-0.3, -0.25) is 0 Å². The summed E-state index contributed by atoms with van der Waals surface area (Å²) in [5.74, 6) is 0. The Kier molecular flexibility index (Phi) is 4.57. The average molecular weight is 240 g/mol. The third-order valence-corrected chi connectivity index (χ3v) is 3.52. The zero-order valence-corrected chi connectivity index (χ0v) is 11.0. The molecule has 1 fully saturated rings. The molecule has 1 rings (SSSR count). The summed E-state index contributed by atoms with van der Waals surface area (Å²) in [5.41, 5.74) is 0.532. The second-order valence-electron chi connectivity index (χ2n) is 5.51. The topological polar surface area (TPSA) is 61.4 Å². The predicted octanol–water partition coefficient (Wildman–Crippen LogP) is 1.94. The highest BCUT2D eigenvalue weighted by Crippen LogP contribution is 2.18. The van der Waals surface area contributed by atoms with Gasteiger partial charge in [0.1, 0.15) is 0 Å². The quantitative estimate of drug-likeness (QED) is 0.660. The fraction of sp³-hybridized carbons (Fsp3) is 0.769. The minimum atomic E-state index is -0.391. The number of rotatable bonds is 3. The van der Waals surface area contributed by atoms with E-state index in [4.69, 9.17) is 0 Å². The third-order valence-electron chi connectivity index (χ3n) is 3.52. The van der Waals surface area contributed by atoms with Gasteiger partial charge >= 0.3 is 6.03 Å². The van der Waals surface area contributed by atoms with Crippen LogP contribution in [0.1, 0.15) is 46.5 Å². The number of carbonyl (C=O) groups is 1. The molecule has 3 N–H and O–H groups in total. The van der Waals surface area contributed by atoms with Crippen LogP contribution in [0.5, 0.6) is 0 Å². The van der Waals surface area contributed by atoms with Crippen LogP contribution in [0.3, 0.4) is 0 Å². The van der Waals surface area contributed by atoms with Gasteiger partial charge in [0.15, 0.2) is 0 Å². The molecule has 0 radical (unpaired) electrons. The zero-order chi connectivity index (χ0) is 13.1. The van der Waals surface area contributed by atoms with Crippen LogP contribution in [0.4, 0.5) is 4.79 Å². The summed E-state index contributed by atoms with van der Waals surface area (Å²) < 4.78 is 0. The van der Waals surface area contributed by atoms with Crippen molar-refractivity contribution in [3.63, 3.8) is 0 Å².